The van der Waals surface area contributed by atoms with Gasteiger partial charge in [-0.3, -0.25) is 0 Å². The first kappa shape index (κ1) is 22.5. The average Bonchev–Trinajstić information content (AvgIpc) is 2.52. The van der Waals surface area contributed by atoms with Gasteiger partial charge in [-0.05, 0) is 25.7 Å². The number of unbranched alkanes of at least 4 members (excludes halogenated alkanes) is 12. The summed E-state index contributed by atoms with van der Waals surface area (Å²) in [6.45, 7) is 6.25. The zero-order valence-electron chi connectivity index (χ0n) is 15.2. The third-order valence-corrected chi connectivity index (χ3v) is 4.94. The van der Waals surface area contributed by atoms with E-state index in [0.717, 1.165) is 12.2 Å². The molecule has 1 nitrogen and oxygen atoms in total. The van der Waals surface area contributed by atoms with Gasteiger partial charge in [-0.25, -0.2) is 0 Å². The summed E-state index contributed by atoms with van der Waals surface area (Å²) in [6.07, 6.45) is 23.9. The van der Waals surface area contributed by atoms with E-state index in [-0.39, 0.29) is 7.43 Å². The summed E-state index contributed by atoms with van der Waals surface area (Å²) in [7, 11) is 0. The predicted molar refractivity (Wildman–Crippen MR) is 105 cm³/mol. The molecule has 1 fully saturated rings. The molecule has 0 aliphatic carbocycles. The fourth-order valence-electron chi connectivity index (χ4n) is 3.47. The molecule has 0 saturated carbocycles. The summed E-state index contributed by atoms with van der Waals surface area (Å²) in [5, 5.41) is 0. The Bertz CT molecular complexity index is 259. The van der Waals surface area contributed by atoms with Crippen LogP contribution in [-0.2, 0) is 4.74 Å². The zero-order valence-corrected chi connectivity index (χ0v) is 15.2. The van der Waals surface area contributed by atoms with E-state index in [2.05, 4.69) is 13.5 Å². The highest BCUT2D eigenvalue weighted by Crippen LogP contribution is 2.24. The first-order valence-electron chi connectivity index (χ1n) is 10.2. The van der Waals surface area contributed by atoms with Crippen molar-refractivity contribution in [3.05, 3.63) is 12.3 Å². The number of ether oxygens (including phenoxy) is 1. The zero-order chi connectivity index (χ0) is 15.9. The Labute approximate surface area is 147 Å². The Morgan fingerprint density at radius 1 is 0.826 bits per heavy atom. The first-order chi connectivity index (χ1) is 10.8. The fraction of sp³-hybridized carbons (Fsp3) is 0.909. The molecule has 0 amide bonds. The van der Waals surface area contributed by atoms with Gasteiger partial charge in [0.1, 0.15) is 0 Å². The van der Waals surface area contributed by atoms with Crippen molar-refractivity contribution in [3.8, 4) is 0 Å². The molecule has 1 rings (SSSR count). The smallest absolute Gasteiger partial charge is 0.0982 e. The summed E-state index contributed by atoms with van der Waals surface area (Å²) < 4.78 is 5.80. The van der Waals surface area contributed by atoms with Crippen molar-refractivity contribution in [1.82, 2.24) is 0 Å². The molecule has 1 saturated heterocycles. The Morgan fingerprint density at radius 3 is 1.78 bits per heavy atom. The van der Waals surface area contributed by atoms with Gasteiger partial charge in [-0.2, -0.15) is 0 Å². The van der Waals surface area contributed by atoms with Crippen LogP contribution in [0, 0.1) is 0 Å². The average molecular weight is 325 g/mol. The fourth-order valence-corrected chi connectivity index (χ4v) is 3.47. The van der Waals surface area contributed by atoms with Crippen LogP contribution < -0.4 is 0 Å². The van der Waals surface area contributed by atoms with Crippen molar-refractivity contribution < 1.29 is 4.74 Å². The van der Waals surface area contributed by atoms with Crippen molar-refractivity contribution in [2.24, 2.45) is 0 Å². The molecule has 1 aliphatic rings. The monoisotopic (exact) mass is 324 g/mol. The van der Waals surface area contributed by atoms with Crippen LogP contribution in [0.2, 0.25) is 0 Å². The van der Waals surface area contributed by atoms with E-state index in [9.17, 15) is 0 Å². The van der Waals surface area contributed by atoms with E-state index < -0.39 is 0 Å². The molecule has 0 aromatic rings. The molecule has 0 bridgehead atoms. The second-order valence-corrected chi connectivity index (χ2v) is 7.20. The second kappa shape index (κ2) is 16.4. The third-order valence-electron chi connectivity index (χ3n) is 4.94. The highest BCUT2D eigenvalue weighted by atomic mass is 16.5. The van der Waals surface area contributed by atoms with Crippen LogP contribution in [0.4, 0.5) is 0 Å². The second-order valence-electron chi connectivity index (χ2n) is 7.20. The van der Waals surface area contributed by atoms with E-state index in [4.69, 9.17) is 4.74 Å². The van der Waals surface area contributed by atoms with Crippen LogP contribution in [-0.4, -0.2) is 6.10 Å². The Kier molecular flexibility index (Phi) is 16.1. The van der Waals surface area contributed by atoms with Crippen molar-refractivity contribution >= 4 is 0 Å². The van der Waals surface area contributed by atoms with Crippen LogP contribution in [0.1, 0.15) is 124 Å². The molecule has 1 heteroatoms. The molecule has 23 heavy (non-hydrogen) atoms. The molecular formula is C22H44O. The minimum atomic E-state index is 0. The maximum atomic E-state index is 5.80. The van der Waals surface area contributed by atoms with Crippen LogP contribution >= 0.6 is 0 Å². The summed E-state index contributed by atoms with van der Waals surface area (Å²) in [6, 6.07) is 0. The topological polar surface area (TPSA) is 9.23 Å². The van der Waals surface area contributed by atoms with Gasteiger partial charge in [0.2, 0.25) is 0 Å². The van der Waals surface area contributed by atoms with Crippen LogP contribution in [0.15, 0.2) is 12.3 Å². The third kappa shape index (κ3) is 13.7. The quantitative estimate of drug-likeness (QED) is 0.293. The molecule has 1 heterocycles. The van der Waals surface area contributed by atoms with Crippen molar-refractivity contribution in [1.29, 1.82) is 0 Å². The largest absolute Gasteiger partial charge is 0.495 e. The van der Waals surface area contributed by atoms with E-state index >= 15 is 0 Å². The lowest BCUT2D eigenvalue weighted by atomic mass is 10.0. The van der Waals surface area contributed by atoms with Gasteiger partial charge in [0, 0.05) is 6.42 Å². The summed E-state index contributed by atoms with van der Waals surface area (Å²) >= 11 is 0. The van der Waals surface area contributed by atoms with Crippen molar-refractivity contribution in [2.45, 2.75) is 130 Å². The Balaban J connectivity index is 0.00000484. The predicted octanol–water partition coefficient (Wildman–Crippen LogP) is 8.19. The van der Waals surface area contributed by atoms with E-state index in [1.54, 1.807) is 0 Å². The Morgan fingerprint density at radius 2 is 1.30 bits per heavy atom. The summed E-state index contributed by atoms with van der Waals surface area (Å²) in [5.74, 6) is 1.02. The highest BCUT2D eigenvalue weighted by Gasteiger charge is 2.15. The molecule has 0 aromatic heterocycles. The maximum Gasteiger partial charge on any atom is 0.0982 e. The number of rotatable bonds is 14. The molecule has 0 N–H and O–H groups in total. The van der Waals surface area contributed by atoms with Gasteiger partial charge in [0.05, 0.1) is 11.9 Å². The van der Waals surface area contributed by atoms with Crippen molar-refractivity contribution in [2.75, 3.05) is 0 Å². The molecule has 1 aliphatic heterocycles. The summed E-state index contributed by atoms with van der Waals surface area (Å²) in [4.78, 5) is 0. The van der Waals surface area contributed by atoms with Crippen LogP contribution in [0.3, 0.4) is 0 Å². The minimum Gasteiger partial charge on any atom is -0.495 e. The van der Waals surface area contributed by atoms with E-state index in [0.29, 0.717) is 6.10 Å². The van der Waals surface area contributed by atoms with Gasteiger partial charge >= 0.3 is 0 Å². The lowest BCUT2D eigenvalue weighted by Crippen LogP contribution is -2.16. The molecule has 1 atom stereocenters. The van der Waals surface area contributed by atoms with Crippen molar-refractivity contribution in [3.63, 3.8) is 0 Å². The number of allylic oxidation sites excluding steroid dienone is 1. The maximum absolute atomic E-state index is 5.80. The van der Waals surface area contributed by atoms with Crippen LogP contribution in [0.25, 0.3) is 0 Å². The van der Waals surface area contributed by atoms with Gasteiger partial charge in [0.25, 0.3) is 0 Å². The lowest BCUT2D eigenvalue weighted by molar-refractivity contribution is 0.0659. The molecule has 138 valence electrons. The van der Waals surface area contributed by atoms with Gasteiger partial charge in [-0.1, -0.05) is 98.0 Å². The van der Waals surface area contributed by atoms with Gasteiger partial charge in [0.15, 0.2) is 0 Å². The summed E-state index contributed by atoms with van der Waals surface area (Å²) in [5.41, 5.74) is 0. The molecule has 0 aromatic carbocycles. The minimum absolute atomic E-state index is 0. The molecular weight excluding hydrogens is 280 g/mol. The highest BCUT2D eigenvalue weighted by molar-refractivity contribution is 4.88. The van der Waals surface area contributed by atoms with Crippen LogP contribution in [0.5, 0.6) is 0 Å². The first-order valence-corrected chi connectivity index (χ1v) is 10.2. The molecule has 0 radical (unpaired) electrons. The van der Waals surface area contributed by atoms with Gasteiger partial charge in [-0.15, -0.1) is 0 Å². The molecule has 1 unspecified atom stereocenters. The Hall–Kier alpha value is -0.460. The number of hydrogen-bond acceptors (Lipinski definition) is 1. The lowest BCUT2D eigenvalue weighted by Gasteiger charge is -2.25. The van der Waals surface area contributed by atoms with E-state index in [1.165, 1.54) is 103 Å². The normalized spacial score (nSPS) is 17.6. The SMILES string of the molecule is C.C=C1CCCC(CCCCCCCCCCCCCCC)O1. The van der Waals surface area contributed by atoms with Gasteiger partial charge < -0.3 is 4.74 Å². The molecule has 0 spiro atoms. The number of hydrogen-bond donors (Lipinski definition) is 0. The standard InChI is InChI=1S/C21H40O.CH4/c1-3-4-5-6-7-8-9-10-11-12-13-14-15-18-21-19-16-17-20(2)22-21;/h21H,2-19H2,1H3;1H4. The van der Waals surface area contributed by atoms with E-state index in [1.807, 2.05) is 0 Å².